The van der Waals surface area contributed by atoms with E-state index >= 15 is 0 Å². The van der Waals surface area contributed by atoms with Gasteiger partial charge in [-0.3, -0.25) is 14.4 Å². The second-order valence-corrected chi connectivity index (χ2v) is 7.52. The number of rotatable bonds is 4. The monoisotopic (exact) mass is 371 g/mol. The minimum atomic E-state index is -0.181. The number of carbonyl (C=O) groups excluding carboxylic acids is 3. The van der Waals surface area contributed by atoms with Crippen molar-refractivity contribution < 1.29 is 19.1 Å². The summed E-state index contributed by atoms with van der Waals surface area (Å²) in [5.74, 6) is 0.603. The van der Waals surface area contributed by atoms with Gasteiger partial charge in [-0.2, -0.15) is 0 Å². The molecule has 3 amide bonds. The molecule has 3 aliphatic rings. The molecule has 144 valence electrons. The van der Waals surface area contributed by atoms with E-state index in [1.165, 1.54) is 0 Å². The quantitative estimate of drug-likeness (QED) is 0.799. The summed E-state index contributed by atoms with van der Waals surface area (Å²) in [6, 6.07) is 7.72. The Morgan fingerprint density at radius 3 is 2.63 bits per heavy atom. The zero-order valence-corrected chi connectivity index (χ0v) is 15.6. The van der Waals surface area contributed by atoms with Crippen molar-refractivity contribution in [1.82, 2.24) is 9.80 Å². The van der Waals surface area contributed by atoms with Crippen molar-refractivity contribution in [3.05, 3.63) is 24.3 Å². The van der Waals surface area contributed by atoms with E-state index in [9.17, 15) is 14.4 Å². The molecule has 1 aromatic carbocycles. The molecule has 0 radical (unpaired) electrons. The van der Waals surface area contributed by atoms with Crippen molar-refractivity contribution in [2.75, 3.05) is 38.2 Å². The van der Waals surface area contributed by atoms with Gasteiger partial charge in [-0.15, -0.1) is 0 Å². The minimum Gasteiger partial charge on any atom is -0.497 e. The zero-order valence-electron chi connectivity index (χ0n) is 15.6. The first kappa shape index (κ1) is 17.8. The molecule has 2 saturated heterocycles. The van der Waals surface area contributed by atoms with Gasteiger partial charge >= 0.3 is 0 Å². The Morgan fingerprint density at radius 2 is 1.93 bits per heavy atom. The first-order valence-electron chi connectivity index (χ1n) is 9.59. The number of carbonyl (C=O) groups is 3. The Balaban J connectivity index is 1.39. The number of piperazine rings is 1. The Hall–Kier alpha value is -2.57. The van der Waals surface area contributed by atoms with Gasteiger partial charge in [0.15, 0.2) is 0 Å². The summed E-state index contributed by atoms with van der Waals surface area (Å²) in [7, 11) is 1.59. The van der Waals surface area contributed by atoms with E-state index in [2.05, 4.69) is 0 Å². The van der Waals surface area contributed by atoms with Gasteiger partial charge in [-0.1, -0.05) is 6.07 Å². The third-order valence-corrected chi connectivity index (χ3v) is 5.68. The van der Waals surface area contributed by atoms with E-state index in [4.69, 9.17) is 4.74 Å². The minimum absolute atomic E-state index is 0.00629. The molecule has 4 rings (SSSR count). The van der Waals surface area contributed by atoms with Gasteiger partial charge in [-0.25, -0.2) is 0 Å². The lowest BCUT2D eigenvalue weighted by molar-refractivity contribution is -0.146. The topological polar surface area (TPSA) is 70.2 Å². The van der Waals surface area contributed by atoms with Crippen molar-refractivity contribution in [1.29, 1.82) is 0 Å². The van der Waals surface area contributed by atoms with Crippen LogP contribution < -0.4 is 9.64 Å². The summed E-state index contributed by atoms with van der Waals surface area (Å²) in [6.07, 6.45) is 3.12. The van der Waals surface area contributed by atoms with E-state index in [0.717, 1.165) is 18.5 Å². The first-order chi connectivity index (χ1) is 13.1. The van der Waals surface area contributed by atoms with Crippen LogP contribution in [-0.2, 0) is 14.4 Å². The van der Waals surface area contributed by atoms with Crippen molar-refractivity contribution in [2.24, 2.45) is 5.92 Å². The first-order valence-corrected chi connectivity index (χ1v) is 9.59. The average molecular weight is 371 g/mol. The average Bonchev–Trinajstić information content (AvgIpc) is 3.53. The van der Waals surface area contributed by atoms with Crippen LogP contribution in [0.1, 0.15) is 25.7 Å². The molecule has 27 heavy (non-hydrogen) atoms. The van der Waals surface area contributed by atoms with E-state index in [0.29, 0.717) is 44.3 Å². The largest absolute Gasteiger partial charge is 0.497 e. The summed E-state index contributed by atoms with van der Waals surface area (Å²) in [5.41, 5.74) is 0.787. The van der Waals surface area contributed by atoms with Crippen LogP contribution >= 0.6 is 0 Å². The van der Waals surface area contributed by atoms with Crippen molar-refractivity contribution in [3.8, 4) is 5.75 Å². The van der Waals surface area contributed by atoms with E-state index in [1.54, 1.807) is 16.9 Å². The number of ether oxygens (including phenoxy) is 1. The highest BCUT2D eigenvalue weighted by atomic mass is 16.5. The molecule has 2 heterocycles. The molecule has 1 unspecified atom stereocenters. The molecule has 7 heteroatoms. The van der Waals surface area contributed by atoms with Crippen molar-refractivity contribution in [2.45, 2.75) is 31.7 Å². The van der Waals surface area contributed by atoms with Crippen LogP contribution in [-0.4, -0.2) is 66.9 Å². The van der Waals surface area contributed by atoms with Crippen LogP contribution in [0.2, 0.25) is 0 Å². The lowest BCUT2D eigenvalue weighted by Gasteiger charge is -2.38. The van der Waals surface area contributed by atoms with E-state index in [-0.39, 0.29) is 30.2 Å². The molecular formula is C20H25N3O4. The third kappa shape index (κ3) is 3.63. The summed E-state index contributed by atoms with van der Waals surface area (Å²) in [5, 5.41) is 0. The summed E-state index contributed by atoms with van der Waals surface area (Å²) < 4.78 is 5.23. The van der Waals surface area contributed by atoms with Gasteiger partial charge in [0.2, 0.25) is 17.7 Å². The second-order valence-electron chi connectivity index (χ2n) is 7.52. The van der Waals surface area contributed by atoms with Crippen molar-refractivity contribution in [3.63, 3.8) is 0 Å². The van der Waals surface area contributed by atoms with E-state index < -0.39 is 0 Å². The van der Waals surface area contributed by atoms with Crippen LogP contribution in [0.15, 0.2) is 24.3 Å². The van der Waals surface area contributed by atoms with Gasteiger partial charge in [0.25, 0.3) is 0 Å². The fourth-order valence-corrected chi connectivity index (χ4v) is 3.98. The van der Waals surface area contributed by atoms with Crippen molar-refractivity contribution >= 4 is 23.4 Å². The van der Waals surface area contributed by atoms with Gasteiger partial charge in [0.05, 0.1) is 13.0 Å². The number of benzene rings is 1. The summed E-state index contributed by atoms with van der Waals surface area (Å²) in [6.45, 7) is 1.57. The highest BCUT2D eigenvalue weighted by molar-refractivity contribution is 5.98. The van der Waals surface area contributed by atoms with Gasteiger partial charge in [-0.05, 0) is 31.4 Å². The molecule has 0 aromatic heterocycles. The highest BCUT2D eigenvalue weighted by Gasteiger charge is 2.40. The standard InChI is InChI=1S/C20H25N3O4/c1-27-17-4-2-3-16(11-17)22-10-9-21(13-19(22)25)20(26)14-5-8-18(24)23(12-14)15-6-7-15/h2-4,11,14-15H,5-10,12-13H2,1H3. The van der Waals surface area contributed by atoms with Gasteiger partial charge in [0, 0.05) is 43.9 Å². The van der Waals surface area contributed by atoms with Crippen LogP contribution in [0.25, 0.3) is 0 Å². The van der Waals surface area contributed by atoms with Crippen LogP contribution in [0, 0.1) is 5.92 Å². The number of anilines is 1. The second kappa shape index (κ2) is 7.21. The van der Waals surface area contributed by atoms with Crippen LogP contribution in [0.4, 0.5) is 5.69 Å². The molecule has 1 aliphatic carbocycles. The van der Waals surface area contributed by atoms with Crippen LogP contribution in [0.5, 0.6) is 5.75 Å². The molecule has 1 saturated carbocycles. The zero-order chi connectivity index (χ0) is 19.0. The maximum absolute atomic E-state index is 12.9. The Kier molecular flexibility index (Phi) is 4.76. The normalized spacial score (nSPS) is 23.6. The maximum Gasteiger partial charge on any atom is 0.246 e. The molecule has 2 aliphatic heterocycles. The lowest BCUT2D eigenvalue weighted by atomic mass is 9.95. The lowest BCUT2D eigenvalue weighted by Crippen LogP contribution is -2.55. The number of hydrogen-bond acceptors (Lipinski definition) is 4. The molecule has 7 nitrogen and oxygen atoms in total. The molecular weight excluding hydrogens is 346 g/mol. The summed E-state index contributed by atoms with van der Waals surface area (Å²) in [4.78, 5) is 42.9. The van der Waals surface area contributed by atoms with Gasteiger partial charge < -0.3 is 19.4 Å². The maximum atomic E-state index is 12.9. The molecule has 3 fully saturated rings. The molecule has 0 spiro atoms. The Morgan fingerprint density at radius 1 is 1.11 bits per heavy atom. The smallest absolute Gasteiger partial charge is 0.246 e. The SMILES string of the molecule is COc1cccc(N2CCN(C(=O)C3CCC(=O)N(C4CC4)C3)CC2=O)c1. The number of piperidine rings is 1. The van der Waals surface area contributed by atoms with E-state index in [1.807, 2.05) is 29.2 Å². The summed E-state index contributed by atoms with van der Waals surface area (Å²) >= 11 is 0. The Labute approximate surface area is 158 Å². The molecule has 0 bridgehead atoms. The number of methoxy groups -OCH3 is 1. The fraction of sp³-hybridized carbons (Fsp3) is 0.550. The number of amides is 3. The Bertz CT molecular complexity index is 761. The molecule has 0 N–H and O–H groups in total. The third-order valence-electron chi connectivity index (χ3n) is 5.68. The fourth-order valence-electron chi connectivity index (χ4n) is 3.98. The highest BCUT2D eigenvalue weighted by Crippen LogP contribution is 2.32. The number of nitrogens with zero attached hydrogens (tertiary/aromatic N) is 3. The molecule has 1 atom stereocenters. The number of hydrogen-bond donors (Lipinski definition) is 0. The predicted octanol–water partition coefficient (Wildman–Crippen LogP) is 1.27. The number of likely N-dealkylation sites (tertiary alicyclic amines) is 1. The predicted molar refractivity (Wildman–Crippen MR) is 99.4 cm³/mol. The van der Waals surface area contributed by atoms with Gasteiger partial charge in [0.1, 0.15) is 12.3 Å². The molecule has 1 aromatic rings. The van der Waals surface area contributed by atoms with Crippen LogP contribution in [0.3, 0.4) is 0 Å².